The lowest BCUT2D eigenvalue weighted by Crippen LogP contribution is -2.49. The number of rotatable bonds is 3. The second kappa shape index (κ2) is 4.70. The van der Waals surface area contributed by atoms with Gasteiger partial charge in [-0.25, -0.2) is 0 Å². The minimum Gasteiger partial charge on any atom is -0.467 e. The predicted molar refractivity (Wildman–Crippen MR) is 62.7 cm³/mol. The van der Waals surface area contributed by atoms with Gasteiger partial charge >= 0.3 is 0 Å². The molecule has 0 saturated heterocycles. The molecule has 3 N–H and O–H groups in total. The van der Waals surface area contributed by atoms with Crippen LogP contribution >= 0.6 is 0 Å². The van der Waals surface area contributed by atoms with Crippen LogP contribution in [-0.2, 0) is 4.79 Å². The second-order valence-electron chi connectivity index (χ2n) is 5.09. The highest BCUT2D eigenvalue weighted by atomic mass is 16.3. The smallest absolute Gasteiger partial charge is 0.238 e. The summed E-state index contributed by atoms with van der Waals surface area (Å²) in [7, 11) is 0. The molecule has 0 radical (unpaired) electrons. The fourth-order valence-electron chi connectivity index (χ4n) is 1.31. The van der Waals surface area contributed by atoms with Crippen molar-refractivity contribution in [2.24, 2.45) is 11.1 Å². The van der Waals surface area contributed by atoms with Crippen LogP contribution in [0.25, 0.3) is 0 Å². The lowest BCUT2D eigenvalue weighted by molar-refractivity contribution is -0.125. The third-order valence-electron chi connectivity index (χ3n) is 2.54. The minimum atomic E-state index is -0.523. The van der Waals surface area contributed by atoms with Gasteiger partial charge in [0.05, 0.1) is 18.3 Å². The van der Waals surface area contributed by atoms with Crippen LogP contribution in [0.3, 0.4) is 0 Å². The number of hydrogen-bond donors (Lipinski definition) is 2. The van der Waals surface area contributed by atoms with E-state index in [0.29, 0.717) is 0 Å². The molecule has 2 atom stereocenters. The molecule has 0 saturated carbocycles. The maximum Gasteiger partial charge on any atom is 0.238 e. The highest BCUT2D eigenvalue weighted by Gasteiger charge is 2.28. The van der Waals surface area contributed by atoms with Crippen molar-refractivity contribution in [2.45, 2.75) is 39.8 Å². The minimum absolute atomic E-state index is 0.156. The molecule has 1 heterocycles. The van der Waals surface area contributed by atoms with Gasteiger partial charge in [0.1, 0.15) is 5.76 Å². The van der Waals surface area contributed by atoms with Crippen molar-refractivity contribution in [3.63, 3.8) is 0 Å². The number of hydrogen-bond acceptors (Lipinski definition) is 3. The first-order chi connectivity index (χ1) is 7.32. The Kier molecular flexibility index (Phi) is 3.75. The van der Waals surface area contributed by atoms with Gasteiger partial charge in [-0.3, -0.25) is 4.79 Å². The molecule has 1 aromatic rings. The number of furan rings is 1. The van der Waals surface area contributed by atoms with E-state index >= 15 is 0 Å². The fourth-order valence-corrected chi connectivity index (χ4v) is 1.31. The van der Waals surface area contributed by atoms with Crippen molar-refractivity contribution >= 4 is 5.91 Å². The topological polar surface area (TPSA) is 68.3 Å². The summed E-state index contributed by atoms with van der Waals surface area (Å²) in [4.78, 5) is 11.8. The molecule has 0 aliphatic carbocycles. The van der Waals surface area contributed by atoms with Crippen molar-refractivity contribution in [2.75, 3.05) is 0 Å². The average molecular weight is 224 g/mol. The van der Waals surface area contributed by atoms with Crippen molar-refractivity contribution in [1.82, 2.24) is 5.32 Å². The molecule has 1 rings (SSSR count). The second-order valence-corrected chi connectivity index (χ2v) is 5.09. The van der Waals surface area contributed by atoms with Crippen molar-refractivity contribution in [3.8, 4) is 0 Å². The summed E-state index contributed by atoms with van der Waals surface area (Å²) in [5.74, 6) is 0.575. The molecule has 0 bridgehead atoms. The fraction of sp³-hybridized carbons (Fsp3) is 0.583. The van der Waals surface area contributed by atoms with E-state index in [4.69, 9.17) is 10.2 Å². The van der Waals surface area contributed by atoms with E-state index in [0.717, 1.165) is 5.76 Å². The molecule has 0 aliphatic rings. The third-order valence-corrected chi connectivity index (χ3v) is 2.54. The average Bonchev–Trinajstić information content (AvgIpc) is 2.67. The number of amides is 1. The van der Waals surface area contributed by atoms with Crippen LogP contribution in [0, 0.1) is 5.41 Å². The van der Waals surface area contributed by atoms with E-state index in [1.54, 1.807) is 12.3 Å². The van der Waals surface area contributed by atoms with E-state index in [1.165, 1.54) is 0 Å². The molecular weight excluding hydrogens is 204 g/mol. The molecule has 2 unspecified atom stereocenters. The Hall–Kier alpha value is -1.29. The Morgan fingerprint density at radius 2 is 2.12 bits per heavy atom. The van der Waals surface area contributed by atoms with Crippen molar-refractivity contribution in [3.05, 3.63) is 24.2 Å². The van der Waals surface area contributed by atoms with Gasteiger partial charge in [0.25, 0.3) is 0 Å². The van der Waals surface area contributed by atoms with Gasteiger partial charge in [-0.2, -0.15) is 0 Å². The maximum atomic E-state index is 11.8. The summed E-state index contributed by atoms with van der Waals surface area (Å²) in [5, 5.41) is 2.83. The highest BCUT2D eigenvalue weighted by Crippen LogP contribution is 2.19. The van der Waals surface area contributed by atoms with E-state index in [-0.39, 0.29) is 17.4 Å². The Morgan fingerprint density at radius 1 is 1.50 bits per heavy atom. The first kappa shape index (κ1) is 12.8. The molecule has 0 aliphatic heterocycles. The van der Waals surface area contributed by atoms with Crippen LogP contribution < -0.4 is 11.1 Å². The molecule has 4 heteroatoms. The van der Waals surface area contributed by atoms with Crippen LogP contribution in [0.5, 0.6) is 0 Å². The quantitative estimate of drug-likeness (QED) is 0.823. The summed E-state index contributed by atoms with van der Waals surface area (Å²) in [6, 6.07) is 2.94. The van der Waals surface area contributed by atoms with Gasteiger partial charge in [0.2, 0.25) is 5.91 Å². The van der Waals surface area contributed by atoms with E-state index in [1.807, 2.05) is 33.8 Å². The summed E-state index contributed by atoms with van der Waals surface area (Å²) in [6.45, 7) is 7.69. The van der Waals surface area contributed by atoms with E-state index in [2.05, 4.69) is 5.32 Å². The van der Waals surface area contributed by atoms with E-state index < -0.39 is 6.04 Å². The Morgan fingerprint density at radius 3 is 2.56 bits per heavy atom. The third kappa shape index (κ3) is 3.10. The molecular formula is C12H20N2O2. The molecule has 16 heavy (non-hydrogen) atoms. The van der Waals surface area contributed by atoms with Gasteiger partial charge in [0, 0.05) is 0 Å². The summed E-state index contributed by atoms with van der Waals surface area (Å²) < 4.78 is 5.21. The summed E-state index contributed by atoms with van der Waals surface area (Å²) in [5.41, 5.74) is 5.61. The lowest BCUT2D eigenvalue weighted by Gasteiger charge is -2.27. The van der Waals surface area contributed by atoms with Gasteiger partial charge in [0.15, 0.2) is 0 Å². The summed E-state index contributed by atoms with van der Waals surface area (Å²) in [6.07, 6.45) is 1.58. The molecule has 0 aromatic carbocycles. The summed E-state index contributed by atoms with van der Waals surface area (Å²) >= 11 is 0. The maximum absolute atomic E-state index is 11.8. The molecule has 1 aromatic heterocycles. The van der Waals surface area contributed by atoms with Gasteiger partial charge in [-0.15, -0.1) is 0 Å². The highest BCUT2D eigenvalue weighted by molar-refractivity contribution is 5.82. The van der Waals surface area contributed by atoms with Crippen LogP contribution in [0.4, 0.5) is 0 Å². The van der Waals surface area contributed by atoms with Gasteiger partial charge < -0.3 is 15.5 Å². The molecule has 0 fully saturated rings. The number of carbonyl (C=O) groups is 1. The molecule has 0 spiro atoms. The zero-order valence-corrected chi connectivity index (χ0v) is 10.3. The predicted octanol–water partition coefficient (Wildman–Crippen LogP) is 1.83. The Bertz CT molecular complexity index is 338. The first-order valence-electron chi connectivity index (χ1n) is 5.41. The first-order valence-corrected chi connectivity index (χ1v) is 5.41. The van der Waals surface area contributed by atoms with Crippen molar-refractivity contribution < 1.29 is 9.21 Å². The van der Waals surface area contributed by atoms with Crippen molar-refractivity contribution in [1.29, 1.82) is 0 Å². The van der Waals surface area contributed by atoms with Gasteiger partial charge in [-0.05, 0) is 24.5 Å². The zero-order chi connectivity index (χ0) is 12.3. The van der Waals surface area contributed by atoms with Crippen LogP contribution in [-0.4, -0.2) is 11.9 Å². The Balaban J connectivity index is 2.59. The largest absolute Gasteiger partial charge is 0.467 e. The normalized spacial score (nSPS) is 15.6. The SMILES string of the molecule is CC(NC(=O)C(N)C(C)(C)C)c1ccco1. The standard InChI is InChI=1S/C12H20N2O2/c1-8(9-6-5-7-16-9)14-11(15)10(13)12(2,3)4/h5-8,10H,13H2,1-4H3,(H,14,15). The lowest BCUT2D eigenvalue weighted by atomic mass is 9.87. The monoisotopic (exact) mass is 224 g/mol. The van der Waals surface area contributed by atoms with Gasteiger partial charge in [-0.1, -0.05) is 20.8 Å². The van der Waals surface area contributed by atoms with E-state index in [9.17, 15) is 4.79 Å². The Labute approximate surface area is 96.2 Å². The number of carbonyl (C=O) groups excluding carboxylic acids is 1. The van der Waals surface area contributed by atoms with Crippen LogP contribution in [0.1, 0.15) is 39.5 Å². The van der Waals surface area contributed by atoms with Crippen LogP contribution in [0.15, 0.2) is 22.8 Å². The van der Waals surface area contributed by atoms with Crippen LogP contribution in [0.2, 0.25) is 0 Å². The zero-order valence-electron chi connectivity index (χ0n) is 10.3. The molecule has 4 nitrogen and oxygen atoms in total. The number of nitrogens with two attached hydrogens (primary N) is 1. The number of nitrogens with one attached hydrogen (secondary N) is 1. The molecule has 1 amide bonds. The molecule has 90 valence electrons.